The summed E-state index contributed by atoms with van der Waals surface area (Å²) < 4.78 is 19.4. The number of anilines is 1. The second kappa shape index (κ2) is 10.2. The quantitative estimate of drug-likeness (QED) is 0.468. The van der Waals surface area contributed by atoms with Gasteiger partial charge in [-0.2, -0.15) is 9.61 Å². The van der Waals surface area contributed by atoms with Crippen molar-refractivity contribution in [2.24, 2.45) is 5.92 Å². The van der Waals surface area contributed by atoms with Gasteiger partial charge in [-0.05, 0) is 37.4 Å². The van der Waals surface area contributed by atoms with Crippen molar-refractivity contribution < 1.29 is 19.3 Å². The van der Waals surface area contributed by atoms with E-state index in [9.17, 15) is 5.11 Å². The van der Waals surface area contributed by atoms with Gasteiger partial charge in [-0.25, -0.2) is 4.98 Å². The van der Waals surface area contributed by atoms with Gasteiger partial charge < -0.3 is 29.5 Å². The molecule has 4 heterocycles. The summed E-state index contributed by atoms with van der Waals surface area (Å²) in [6, 6.07) is 8.52. The van der Waals surface area contributed by atoms with Crippen molar-refractivity contribution in [2.45, 2.75) is 51.3 Å². The molecule has 2 bridgehead atoms. The highest BCUT2D eigenvalue weighted by Crippen LogP contribution is 2.40. The van der Waals surface area contributed by atoms with Gasteiger partial charge in [0.2, 0.25) is 0 Å². The lowest BCUT2D eigenvalue weighted by Crippen LogP contribution is -2.47. The van der Waals surface area contributed by atoms with Crippen LogP contribution in [0.3, 0.4) is 0 Å². The zero-order chi connectivity index (χ0) is 25.4. The Morgan fingerprint density at radius 1 is 1.19 bits per heavy atom. The number of aliphatic hydroxyl groups excluding tert-OH is 1. The van der Waals surface area contributed by atoms with Gasteiger partial charge in [0.25, 0.3) is 0 Å². The summed E-state index contributed by atoms with van der Waals surface area (Å²) in [4.78, 5) is 7.58. The lowest BCUT2D eigenvalue weighted by molar-refractivity contribution is 0.0864. The minimum atomic E-state index is -0.607. The van der Waals surface area contributed by atoms with Gasteiger partial charge in [-0.1, -0.05) is 20.8 Å². The third-order valence-corrected chi connectivity index (χ3v) is 7.31. The molecule has 2 fully saturated rings. The third-order valence-electron chi connectivity index (χ3n) is 7.31. The van der Waals surface area contributed by atoms with Crippen molar-refractivity contribution in [1.82, 2.24) is 19.9 Å². The molecule has 2 N–H and O–H groups in total. The van der Waals surface area contributed by atoms with Gasteiger partial charge in [0, 0.05) is 29.8 Å². The largest absolute Gasteiger partial charge is 0.497 e. The van der Waals surface area contributed by atoms with Crippen LogP contribution in [0.25, 0.3) is 16.9 Å². The number of fused-ring (bicyclic) bond motifs is 3. The molecule has 0 spiro atoms. The number of ether oxygens (including phenoxy) is 3. The van der Waals surface area contributed by atoms with Crippen LogP contribution >= 0.6 is 0 Å². The second-order valence-electron chi connectivity index (χ2n) is 10.3. The number of aliphatic hydroxyl groups is 1. The number of morpholine rings is 1. The van der Waals surface area contributed by atoms with Crippen molar-refractivity contribution in [3.05, 3.63) is 36.0 Å². The molecule has 36 heavy (non-hydrogen) atoms. The Labute approximate surface area is 212 Å². The van der Waals surface area contributed by atoms with Gasteiger partial charge in [0.1, 0.15) is 30.0 Å². The van der Waals surface area contributed by atoms with E-state index in [1.165, 1.54) is 0 Å². The summed E-state index contributed by atoms with van der Waals surface area (Å²) in [5, 5.41) is 17.8. The minimum absolute atomic E-state index is 0.181. The first-order valence-electron chi connectivity index (χ1n) is 12.8. The van der Waals surface area contributed by atoms with E-state index in [0.29, 0.717) is 36.0 Å². The normalized spacial score (nSPS) is 22.4. The Balaban J connectivity index is 1.61. The minimum Gasteiger partial charge on any atom is -0.497 e. The fourth-order valence-corrected chi connectivity index (χ4v) is 5.43. The highest BCUT2D eigenvalue weighted by Gasteiger charge is 2.43. The summed E-state index contributed by atoms with van der Waals surface area (Å²) in [5.74, 6) is 3.17. The number of nitrogens with zero attached hydrogens (tertiary/aromatic N) is 4. The van der Waals surface area contributed by atoms with Crippen molar-refractivity contribution in [2.75, 3.05) is 45.4 Å². The smallest absolute Gasteiger partial charge is 0.161 e. The number of benzene rings is 1. The summed E-state index contributed by atoms with van der Waals surface area (Å²) in [6.07, 6.45) is 2.44. The van der Waals surface area contributed by atoms with Crippen LogP contribution in [0.4, 0.5) is 5.82 Å². The van der Waals surface area contributed by atoms with E-state index >= 15 is 0 Å². The van der Waals surface area contributed by atoms with Gasteiger partial charge in [-0.15, -0.1) is 0 Å². The van der Waals surface area contributed by atoms with Crippen LogP contribution in [-0.2, 0) is 4.74 Å². The number of likely N-dealkylation sites (N-methyl/N-ethyl adjacent to an activating group) is 1. The first-order valence-corrected chi connectivity index (χ1v) is 12.8. The van der Waals surface area contributed by atoms with Crippen molar-refractivity contribution in [1.29, 1.82) is 0 Å². The molecule has 2 aliphatic rings. The van der Waals surface area contributed by atoms with E-state index in [1.807, 2.05) is 28.9 Å². The lowest BCUT2D eigenvalue weighted by Gasteiger charge is -2.37. The van der Waals surface area contributed by atoms with Gasteiger partial charge in [0.15, 0.2) is 5.65 Å². The molecular formula is C27H37N5O4. The molecule has 0 amide bonds. The highest BCUT2D eigenvalue weighted by molar-refractivity contribution is 5.71. The number of hydrogen-bond donors (Lipinski definition) is 2. The number of aromatic nitrogens is 3. The number of hydrogen-bond acceptors (Lipinski definition) is 8. The van der Waals surface area contributed by atoms with E-state index in [1.54, 1.807) is 14.2 Å². The van der Waals surface area contributed by atoms with Crippen molar-refractivity contribution in [3.63, 3.8) is 0 Å². The first-order chi connectivity index (χ1) is 17.4. The number of methoxy groups -OCH3 is 1. The van der Waals surface area contributed by atoms with Gasteiger partial charge in [-0.3, -0.25) is 0 Å². The number of rotatable bonds is 9. The molecule has 4 unspecified atom stereocenters. The summed E-state index contributed by atoms with van der Waals surface area (Å²) in [6.45, 7) is 8.73. The molecule has 0 radical (unpaired) electrons. The Bertz CT molecular complexity index is 1210. The second-order valence-corrected chi connectivity index (χ2v) is 10.3. The van der Waals surface area contributed by atoms with Crippen molar-refractivity contribution >= 4 is 11.5 Å². The lowest BCUT2D eigenvalue weighted by atomic mass is 10.0. The number of nitrogens with one attached hydrogen (secondary N) is 1. The molecular weight excluding hydrogens is 458 g/mol. The topological polar surface area (TPSA) is 93.4 Å². The molecule has 2 aliphatic heterocycles. The molecule has 5 rings (SSSR count). The molecule has 2 aromatic heterocycles. The molecule has 9 nitrogen and oxygen atoms in total. The van der Waals surface area contributed by atoms with Crippen LogP contribution in [0, 0.1) is 5.92 Å². The molecule has 4 atom stereocenters. The third kappa shape index (κ3) is 4.63. The average molecular weight is 496 g/mol. The SMILES string of the molecule is CNCC(O)COc1cc(OC)cc(-c2cc(N3C4COCC3C(C)C4)n3ncc(C(C)C)c3n2)c1. The molecule has 3 aromatic rings. The highest BCUT2D eigenvalue weighted by atomic mass is 16.5. The van der Waals surface area contributed by atoms with E-state index in [4.69, 9.17) is 24.3 Å². The predicted octanol–water partition coefficient (Wildman–Crippen LogP) is 3.10. The molecule has 194 valence electrons. The Morgan fingerprint density at radius 2 is 2.00 bits per heavy atom. The zero-order valence-electron chi connectivity index (χ0n) is 21.8. The first kappa shape index (κ1) is 24.8. The maximum atomic E-state index is 10.1. The average Bonchev–Trinajstić information content (AvgIpc) is 3.38. The van der Waals surface area contributed by atoms with E-state index in [2.05, 4.69) is 37.1 Å². The summed E-state index contributed by atoms with van der Waals surface area (Å²) >= 11 is 0. The van der Waals surface area contributed by atoms with Crippen LogP contribution in [0.5, 0.6) is 11.5 Å². The Hall–Kier alpha value is -2.88. The standard InChI is InChI=1S/C27H37N5O4/c1-16(2)23-12-29-32-26(31-19-6-17(3)25(31)15-35-13-19)10-24(30-27(23)32)18-7-21(34-5)9-22(8-18)36-14-20(33)11-28-4/h7-10,12,16-17,19-20,25,28,33H,6,11,13-15H2,1-5H3. The summed E-state index contributed by atoms with van der Waals surface area (Å²) in [5.41, 5.74) is 3.70. The van der Waals surface area contributed by atoms with Crippen LogP contribution in [0.2, 0.25) is 0 Å². The maximum absolute atomic E-state index is 10.1. The Morgan fingerprint density at radius 3 is 2.72 bits per heavy atom. The van der Waals surface area contributed by atoms with E-state index in [0.717, 1.165) is 47.9 Å². The van der Waals surface area contributed by atoms with E-state index in [-0.39, 0.29) is 12.5 Å². The van der Waals surface area contributed by atoms with Gasteiger partial charge in [0.05, 0.1) is 44.3 Å². The van der Waals surface area contributed by atoms with Crippen LogP contribution in [-0.4, -0.2) is 78.4 Å². The Kier molecular flexibility index (Phi) is 7.05. The monoisotopic (exact) mass is 495 g/mol. The van der Waals surface area contributed by atoms with Gasteiger partial charge >= 0.3 is 0 Å². The predicted molar refractivity (Wildman–Crippen MR) is 139 cm³/mol. The zero-order valence-corrected chi connectivity index (χ0v) is 21.8. The molecule has 9 heteroatoms. The van der Waals surface area contributed by atoms with E-state index < -0.39 is 6.10 Å². The van der Waals surface area contributed by atoms with Crippen LogP contribution < -0.4 is 19.7 Å². The van der Waals surface area contributed by atoms with Crippen LogP contribution in [0.15, 0.2) is 30.5 Å². The van der Waals surface area contributed by atoms with Crippen LogP contribution in [0.1, 0.15) is 38.7 Å². The van der Waals surface area contributed by atoms with Crippen molar-refractivity contribution in [3.8, 4) is 22.8 Å². The summed E-state index contributed by atoms with van der Waals surface area (Å²) in [7, 11) is 3.44. The fraction of sp³-hybridized carbons (Fsp3) is 0.556. The maximum Gasteiger partial charge on any atom is 0.161 e. The fourth-order valence-electron chi connectivity index (χ4n) is 5.43. The molecule has 0 saturated carbocycles. The molecule has 2 saturated heterocycles. The molecule has 0 aliphatic carbocycles. The molecule has 1 aromatic carbocycles.